The van der Waals surface area contributed by atoms with Crippen LogP contribution in [0.5, 0.6) is 0 Å². The number of halogens is 2. The molecule has 136 valence electrons. The highest BCUT2D eigenvalue weighted by atomic mass is 32.2. The van der Waals surface area contributed by atoms with Crippen molar-refractivity contribution in [2.75, 3.05) is 18.4 Å². The summed E-state index contributed by atoms with van der Waals surface area (Å²) in [5, 5.41) is 6.97. The summed E-state index contributed by atoms with van der Waals surface area (Å²) in [4.78, 5) is 7.49. The lowest BCUT2D eigenvalue weighted by molar-refractivity contribution is 0.543. The molecular formula is C15H14F2N6O2S. The highest BCUT2D eigenvalue weighted by Crippen LogP contribution is 2.15. The van der Waals surface area contributed by atoms with Crippen LogP contribution in [0.1, 0.15) is 0 Å². The third-order valence-electron chi connectivity index (χ3n) is 3.30. The Bertz CT molecular complexity index is 995. The van der Waals surface area contributed by atoms with Crippen LogP contribution in [0.2, 0.25) is 0 Å². The highest BCUT2D eigenvalue weighted by molar-refractivity contribution is 7.89. The third-order valence-corrected chi connectivity index (χ3v) is 4.79. The summed E-state index contributed by atoms with van der Waals surface area (Å²) in [5.41, 5.74) is 0. The van der Waals surface area contributed by atoms with E-state index in [0.717, 1.165) is 12.1 Å². The molecule has 0 fully saturated rings. The molecule has 3 rings (SSSR count). The van der Waals surface area contributed by atoms with Gasteiger partial charge in [0.15, 0.2) is 5.82 Å². The molecule has 0 atom stereocenters. The fourth-order valence-electron chi connectivity index (χ4n) is 2.12. The standard InChI is InChI=1S/C15H14F2N6O2S/c16-11-2-3-13(12(17)8-11)26(24,25)22-6-5-18-14-9-15(20-10-19-14)23-7-1-4-21-23/h1-4,7-10,22H,5-6H2,(H,18,19,20). The molecule has 3 aromatic rings. The molecule has 0 spiro atoms. The van der Waals surface area contributed by atoms with Crippen molar-refractivity contribution < 1.29 is 17.2 Å². The molecule has 2 aromatic heterocycles. The zero-order chi connectivity index (χ0) is 18.6. The van der Waals surface area contributed by atoms with Crippen LogP contribution in [0.15, 0.2) is 53.9 Å². The molecule has 8 nitrogen and oxygen atoms in total. The highest BCUT2D eigenvalue weighted by Gasteiger charge is 2.18. The molecule has 0 amide bonds. The van der Waals surface area contributed by atoms with Crippen LogP contribution in [-0.4, -0.2) is 41.3 Å². The van der Waals surface area contributed by atoms with Crippen LogP contribution < -0.4 is 10.0 Å². The van der Waals surface area contributed by atoms with Crippen LogP contribution in [0.3, 0.4) is 0 Å². The summed E-state index contributed by atoms with van der Waals surface area (Å²) in [7, 11) is -4.08. The molecule has 0 bridgehead atoms. The Kier molecular flexibility index (Phi) is 5.19. The zero-order valence-corrected chi connectivity index (χ0v) is 14.1. The molecular weight excluding hydrogens is 366 g/mol. The first kappa shape index (κ1) is 17.9. The van der Waals surface area contributed by atoms with Crippen molar-refractivity contribution in [2.24, 2.45) is 0 Å². The summed E-state index contributed by atoms with van der Waals surface area (Å²) < 4.78 is 54.4. The predicted octanol–water partition coefficient (Wildman–Crippen LogP) is 1.33. The monoisotopic (exact) mass is 380 g/mol. The predicted molar refractivity (Wildman–Crippen MR) is 89.2 cm³/mol. The van der Waals surface area contributed by atoms with Crippen LogP contribution in [0, 0.1) is 11.6 Å². The van der Waals surface area contributed by atoms with Gasteiger partial charge in [0.1, 0.15) is 28.7 Å². The number of rotatable bonds is 7. The van der Waals surface area contributed by atoms with Crippen molar-refractivity contribution in [1.29, 1.82) is 0 Å². The van der Waals surface area contributed by atoms with Crippen LogP contribution >= 0.6 is 0 Å². The average molecular weight is 380 g/mol. The van der Waals surface area contributed by atoms with Crippen LogP contribution in [-0.2, 0) is 10.0 Å². The van der Waals surface area contributed by atoms with E-state index < -0.39 is 26.6 Å². The lowest BCUT2D eigenvalue weighted by Gasteiger charge is -2.09. The van der Waals surface area contributed by atoms with E-state index in [9.17, 15) is 17.2 Å². The van der Waals surface area contributed by atoms with Gasteiger partial charge in [-0.05, 0) is 18.2 Å². The van der Waals surface area contributed by atoms with Gasteiger partial charge in [-0.15, -0.1) is 0 Å². The minimum Gasteiger partial charge on any atom is -0.369 e. The number of nitrogens with one attached hydrogen (secondary N) is 2. The van der Waals surface area contributed by atoms with Crippen molar-refractivity contribution in [3.8, 4) is 5.82 Å². The van der Waals surface area contributed by atoms with Gasteiger partial charge in [0.05, 0.1) is 0 Å². The second-order valence-corrected chi connectivity index (χ2v) is 6.85. The Morgan fingerprint density at radius 2 is 1.96 bits per heavy atom. The number of hydrogen-bond donors (Lipinski definition) is 2. The van der Waals surface area contributed by atoms with Gasteiger partial charge in [0, 0.05) is 37.6 Å². The second kappa shape index (κ2) is 7.54. The van der Waals surface area contributed by atoms with Crippen molar-refractivity contribution in [3.05, 3.63) is 60.7 Å². The maximum atomic E-state index is 13.6. The SMILES string of the molecule is O=S(=O)(NCCNc1cc(-n2cccn2)ncn1)c1ccc(F)cc1F. The van der Waals surface area contributed by atoms with E-state index in [1.807, 2.05) is 0 Å². The van der Waals surface area contributed by atoms with E-state index in [-0.39, 0.29) is 13.1 Å². The van der Waals surface area contributed by atoms with E-state index in [4.69, 9.17) is 0 Å². The van der Waals surface area contributed by atoms with Crippen molar-refractivity contribution in [1.82, 2.24) is 24.5 Å². The Hall–Kier alpha value is -2.92. The number of hydrogen-bond acceptors (Lipinski definition) is 6. The van der Waals surface area contributed by atoms with Gasteiger partial charge in [-0.3, -0.25) is 0 Å². The zero-order valence-electron chi connectivity index (χ0n) is 13.3. The van der Waals surface area contributed by atoms with Gasteiger partial charge in [-0.2, -0.15) is 5.10 Å². The first-order valence-electron chi connectivity index (χ1n) is 7.46. The molecule has 2 heterocycles. The summed E-state index contributed by atoms with van der Waals surface area (Å²) >= 11 is 0. The fraction of sp³-hybridized carbons (Fsp3) is 0.133. The van der Waals surface area contributed by atoms with Gasteiger partial charge >= 0.3 is 0 Å². The van der Waals surface area contributed by atoms with E-state index in [2.05, 4.69) is 25.1 Å². The Labute approximate surface area is 148 Å². The third kappa shape index (κ3) is 4.18. The summed E-state index contributed by atoms with van der Waals surface area (Å²) in [5.74, 6) is -0.982. The van der Waals surface area contributed by atoms with Crippen molar-refractivity contribution in [3.63, 3.8) is 0 Å². The van der Waals surface area contributed by atoms with Gasteiger partial charge in [-0.25, -0.2) is 36.6 Å². The van der Waals surface area contributed by atoms with Gasteiger partial charge in [0.25, 0.3) is 0 Å². The lowest BCUT2D eigenvalue weighted by Crippen LogP contribution is -2.29. The maximum absolute atomic E-state index is 13.6. The van der Waals surface area contributed by atoms with E-state index in [1.165, 1.54) is 6.33 Å². The molecule has 0 saturated heterocycles. The fourth-order valence-corrected chi connectivity index (χ4v) is 3.21. The number of anilines is 1. The lowest BCUT2D eigenvalue weighted by atomic mass is 10.3. The maximum Gasteiger partial charge on any atom is 0.243 e. The van der Waals surface area contributed by atoms with E-state index in [1.54, 1.807) is 29.2 Å². The molecule has 0 aliphatic carbocycles. The Morgan fingerprint density at radius 1 is 1.12 bits per heavy atom. The topological polar surface area (TPSA) is 102 Å². The van der Waals surface area contributed by atoms with Gasteiger partial charge < -0.3 is 5.32 Å². The molecule has 1 aromatic carbocycles. The largest absolute Gasteiger partial charge is 0.369 e. The molecule has 11 heteroatoms. The number of sulfonamides is 1. The average Bonchev–Trinajstić information content (AvgIpc) is 3.13. The van der Waals surface area contributed by atoms with Crippen LogP contribution in [0.25, 0.3) is 5.82 Å². The summed E-state index contributed by atoms with van der Waals surface area (Å²) in [6.45, 7) is 0.165. The minimum atomic E-state index is -4.08. The quantitative estimate of drug-likeness (QED) is 0.600. The Morgan fingerprint density at radius 3 is 2.69 bits per heavy atom. The van der Waals surface area contributed by atoms with Crippen LogP contribution in [0.4, 0.5) is 14.6 Å². The molecule has 26 heavy (non-hydrogen) atoms. The summed E-state index contributed by atoms with van der Waals surface area (Å²) in [6.07, 6.45) is 4.67. The molecule has 0 radical (unpaired) electrons. The van der Waals surface area contributed by atoms with Gasteiger partial charge in [0.2, 0.25) is 10.0 Å². The van der Waals surface area contributed by atoms with Gasteiger partial charge in [-0.1, -0.05) is 0 Å². The number of nitrogens with zero attached hydrogens (tertiary/aromatic N) is 4. The molecule has 2 N–H and O–H groups in total. The summed E-state index contributed by atoms with van der Waals surface area (Å²) in [6, 6.07) is 5.67. The molecule has 0 saturated carbocycles. The number of aromatic nitrogens is 4. The second-order valence-electron chi connectivity index (χ2n) is 5.11. The smallest absolute Gasteiger partial charge is 0.243 e. The Balaban J connectivity index is 1.58. The molecule has 0 unspecified atom stereocenters. The van der Waals surface area contributed by atoms with Crippen molar-refractivity contribution >= 4 is 15.8 Å². The van der Waals surface area contributed by atoms with E-state index in [0.29, 0.717) is 17.7 Å². The number of benzene rings is 1. The van der Waals surface area contributed by atoms with E-state index >= 15 is 0 Å². The van der Waals surface area contributed by atoms with Crippen molar-refractivity contribution in [2.45, 2.75) is 4.90 Å². The first-order valence-corrected chi connectivity index (χ1v) is 8.95. The minimum absolute atomic E-state index is 0.0275. The normalized spacial score (nSPS) is 11.5. The molecule has 0 aliphatic rings. The molecule has 0 aliphatic heterocycles. The first-order chi connectivity index (χ1) is 12.5.